The van der Waals surface area contributed by atoms with E-state index in [9.17, 15) is 0 Å². The maximum atomic E-state index is 5.85. The molecule has 1 aromatic rings. The fourth-order valence-electron chi connectivity index (χ4n) is 0.671. The Labute approximate surface area is 69.8 Å². The Hall–Kier alpha value is -0.210. The van der Waals surface area contributed by atoms with E-state index in [4.69, 9.17) is 11.6 Å². The van der Waals surface area contributed by atoms with Gasteiger partial charge in [0.15, 0.2) is 0 Å². The first-order valence-corrected chi connectivity index (χ1v) is 4.50. The molecule has 0 saturated heterocycles. The fourth-order valence-corrected chi connectivity index (χ4v) is 1.54. The van der Waals surface area contributed by atoms with Gasteiger partial charge >= 0.3 is 0 Å². The molecule has 10 heavy (non-hydrogen) atoms. The molecular weight excluding hydrogens is 166 g/mol. The van der Waals surface area contributed by atoms with Crippen LogP contribution in [0.15, 0.2) is 17.3 Å². The average Bonchev–Trinajstić information content (AvgIpc) is 1.88. The van der Waals surface area contributed by atoms with E-state index in [2.05, 4.69) is 4.98 Å². The van der Waals surface area contributed by atoms with Gasteiger partial charge in [-0.2, -0.15) is 0 Å². The summed E-state index contributed by atoms with van der Waals surface area (Å²) in [4.78, 5) is 4.13. The summed E-state index contributed by atoms with van der Waals surface area (Å²) in [7, 11) is 0. The number of aryl methyl sites for hydroxylation is 1. The van der Waals surface area contributed by atoms with Crippen LogP contribution in [0.1, 0.15) is 5.56 Å². The van der Waals surface area contributed by atoms with Crippen molar-refractivity contribution in [2.45, 2.75) is 11.9 Å². The summed E-state index contributed by atoms with van der Waals surface area (Å²) in [6.07, 6.45) is 3.78. The van der Waals surface area contributed by atoms with Crippen molar-refractivity contribution in [3.8, 4) is 0 Å². The summed E-state index contributed by atoms with van der Waals surface area (Å²) in [6, 6.07) is 1.92. The molecule has 0 aliphatic heterocycles. The van der Waals surface area contributed by atoms with Crippen molar-refractivity contribution in [3.05, 3.63) is 22.8 Å². The Kier molecular flexibility index (Phi) is 2.57. The van der Waals surface area contributed by atoms with E-state index in [1.54, 1.807) is 11.8 Å². The first kappa shape index (κ1) is 7.89. The molecular formula is C7H8ClNS. The Morgan fingerprint density at radius 3 is 2.80 bits per heavy atom. The zero-order chi connectivity index (χ0) is 7.56. The lowest BCUT2D eigenvalue weighted by Gasteiger charge is -1.98. The van der Waals surface area contributed by atoms with E-state index in [1.165, 1.54) is 0 Å². The molecule has 3 heteroatoms. The van der Waals surface area contributed by atoms with Crippen LogP contribution in [0.3, 0.4) is 0 Å². The van der Waals surface area contributed by atoms with Gasteiger partial charge in [-0.15, -0.1) is 11.8 Å². The highest BCUT2D eigenvalue weighted by Gasteiger charge is 1.98. The number of pyridine rings is 1. The number of halogens is 1. The summed E-state index contributed by atoms with van der Waals surface area (Å²) < 4.78 is 0. The summed E-state index contributed by atoms with van der Waals surface area (Å²) in [6.45, 7) is 1.98. The predicted octanol–water partition coefficient (Wildman–Crippen LogP) is 2.77. The maximum absolute atomic E-state index is 5.85. The number of hydrogen-bond acceptors (Lipinski definition) is 2. The third kappa shape index (κ3) is 1.64. The highest BCUT2D eigenvalue weighted by Crippen LogP contribution is 2.22. The molecule has 0 saturated carbocycles. The van der Waals surface area contributed by atoms with Gasteiger partial charge in [-0.05, 0) is 24.8 Å². The fraction of sp³-hybridized carbons (Fsp3) is 0.286. The highest BCUT2D eigenvalue weighted by molar-refractivity contribution is 7.98. The molecule has 1 aromatic heterocycles. The van der Waals surface area contributed by atoms with Crippen LogP contribution in [-0.4, -0.2) is 11.2 Å². The molecule has 0 amide bonds. The van der Waals surface area contributed by atoms with Crippen molar-refractivity contribution in [3.63, 3.8) is 0 Å². The topological polar surface area (TPSA) is 12.9 Å². The van der Waals surface area contributed by atoms with Crippen molar-refractivity contribution in [2.24, 2.45) is 0 Å². The van der Waals surface area contributed by atoms with E-state index in [0.29, 0.717) is 0 Å². The van der Waals surface area contributed by atoms with Crippen LogP contribution in [-0.2, 0) is 0 Å². The van der Waals surface area contributed by atoms with Gasteiger partial charge in [0.1, 0.15) is 5.03 Å². The van der Waals surface area contributed by atoms with Gasteiger partial charge in [-0.1, -0.05) is 11.6 Å². The molecule has 0 radical (unpaired) electrons. The summed E-state index contributed by atoms with van der Waals surface area (Å²) in [5, 5.41) is 1.64. The number of aromatic nitrogens is 1. The smallest absolute Gasteiger partial charge is 0.114 e. The second-order valence-corrected chi connectivity index (χ2v) is 3.21. The molecule has 1 nitrogen and oxygen atoms in total. The molecule has 0 unspecified atom stereocenters. The van der Waals surface area contributed by atoms with Crippen molar-refractivity contribution >= 4 is 23.4 Å². The molecule has 0 N–H and O–H groups in total. The lowest BCUT2D eigenvalue weighted by molar-refractivity contribution is 1.11. The molecule has 54 valence electrons. The molecule has 0 spiro atoms. The first-order chi connectivity index (χ1) is 4.74. The van der Waals surface area contributed by atoms with Crippen LogP contribution in [0, 0.1) is 6.92 Å². The quantitative estimate of drug-likeness (QED) is 0.606. The summed E-state index contributed by atoms with van der Waals surface area (Å²) >= 11 is 7.41. The van der Waals surface area contributed by atoms with Gasteiger partial charge in [0.2, 0.25) is 0 Å². The summed E-state index contributed by atoms with van der Waals surface area (Å²) in [5.41, 5.74) is 1.10. The molecule has 1 rings (SSSR count). The van der Waals surface area contributed by atoms with E-state index in [-0.39, 0.29) is 0 Å². The Balaban J connectivity index is 3.07. The van der Waals surface area contributed by atoms with Gasteiger partial charge in [0.25, 0.3) is 0 Å². The summed E-state index contributed by atoms with van der Waals surface area (Å²) in [5.74, 6) is 0. The highest BCUT2D eigenvalue weighted by atomic mass is 35.5. The predicted molar refractivity (Wildman–Crippen MR) is 45.8 cm³/mol. The molecule has 0 aromatic carbocycles. The Morgan fingerprint density at radius 2 is 2.30 bits per heavy atom. The zero-order valence-corrected chi connectivity index (χ0v) is 7.46. The third-order valence-electron chi connectivity index (χ3n) is 1.14. The number of thioether (sulfide) groups is 1. The number of hydrogen-bond donors (Lipinski definition) is 0. The van der Waals surface area contributed by atoms with Crippen LogP contribution in [0.4, 0.5) is 0 Å². The minimum absolute atomic E-state index is 0.743. The SMILES string of the molecule is CSc1ncc(C)cc1Cl. The molecule has 0 aliphatic rings. The minimum atomic E-state index is 0.743. The standard InChI is InChI=1S/C7H8ClNS/c1-5-3-6(8)7(10-2)9-4-5/h3-4H,1-2H3. The third-order valence-corrected chi connectivity index (χ3v) is 2.25. The van der Waals surface area contributed by atoms with E-state index in [0.717, 1.165) is 15.6 Å². The van der Waals surface area contributed by atoms with Gasteiger partial charge in [-0.25, -0.2) is 4.98 Å². The van der Waals surface area contributed by atoms with Crippen molar-refractivity contribution < 1.29 is 0 Å². The van der Waals surface area contributed by atoms with Crippen molar-refractivity contribution in [1.82, 2.24) is 4.98 Å². The second kappa shape index (κ2) is 3.26. The second-order valence-electron chi connectivity index (χ2n) is 2.00. The van der Waals surface area contributed by atoms with Crippen molar-refractivity contribution in [1.29, 1.82) is 0 Å². The molecule has 0 fully saturated rings. The molecule has 0 aliphatic carbocycles. The minimum Gasteiger partial charge on any atom is -0.248 e. The van der Waals surface area contributed by atoms with Crippen LogP contribution in [0.25, 0.3) is 0 Å². The van der Waals surface area contributed by atoms with E-state index in [1.807, 2.05) is 25.4 Å². The lowest BCUT2D eigenvalue weighted by atomic mass is 10.3. The van der Waals surface area contributed by atoms with Crippen LogP contribution < -0.4 is 0 Å². The van der Waals surface area contributed by atoms with Gasteiger partial charge in [0, 0.05) is 6.20 Å². The zero-order valence-electron chi connectivity index (χ0n) is 5.89. The first-order valence-electron chi connectivity index (χ1n) is 2.90. The lowest BCUT2D eigenvalue weighted by Crippen LogP contribution is -1.81. The van der Waals surface area contributed by atoms with Crippen LogP contribution in [0.5, 0.6) is 0 Å². The Bertz CT molecular complexity index is 237. The molecule has 0 bridgehead atoms. The molecule has 0 atom stereocenters. The van der Waals surface area contributed by atoms with Gasteiger partial charge in [-0.3, -0.25) is 0 Å². The van der Waals surface area contributed by atoms with Gasteiger partial charge in [0.05, 0.1) is 5.02 Å². The normalized spacial score (nSPS) is 9.90. The largest absolute Gasteiger partial charge is 0.248 e. The van der Waals surface area contributed by atoms with Crippen LogP contribution >= 0.6 is 23.4 Å². The number of rotatable bonds is 1. The monoisotopic (exact) mass is 173 g/mol. The van der Waals surface area contributed by atoms with Crippen molar-refractivity contribution in [2.75, 3.05) is 6.26 Å². The average molecular weight is 174 g/mol. The Morgan fingerprint density at radius 1 is 1.60 bits per heavy atom. The van der Waals surface area contributed by atoms with Gasteiger partial charge < -0.3 is 0 Å². The molecule has 1 heterocycles. The van der Waals surface area contributed by atoms with Crippen LogP contribution in [0.2, 0.25) is 5.02 Å². The number of nitrogens with zero attached hydrogens (tertiary/aromatic N) is 1. The van der Waals surface area contributed by atoms with E-state index < -0.39 is 0 Å². The van der Waals surface area contributed by atoms with E-state index >= 15 is 0 Å². The maximum Gasteiger partial charge on any atom is 0.114 e.